The number of anilines is 1. The van der Waals surface area contributed by atoms with Gasteiger partial charge in [-0.15, -0.1) is 0 Å². The van der Waals surface area contributed by atoms with E-state index in [1.807, 2.05) is 27.7 Å². The van der Waals surface area contributed by atoms with Crippen LogP contribution in [0.3, 0.4) is 0 Å². The summed E-state index contributed by atoms with van der Waals surface area (Å²) >= 11 is 0. The quantitative estimate of drug-likeness (QED) is 0.905. The lowest BCUT2D eigenvalue weighted by Crippen LogP contribution is -2.17. The summed E-state index contributed by atoms with van der Waals surface area (Å²) in [5.41, 5.74) is 1.82. The summed E-state index contributed by atoms with van der Waals surface area (Å²) in [6.07, 6.45) is 0. The fourth-order valence-corrected chi connectivity index (χ4v) is 3.87. The van der Waals surface area contributed by atoms with Gasteiger partial charge in [0.25, 0.3) is 10.0 Å². The summed E-state index contributed by atoms with van der Waals surface area (Å²) in [6.45, 7) is 11.7. The van der Waals surface area contributed by atoms with Crippen LogP contribution in [0.5, 0.6) is 0 Å². The van der Waals surface area contributed by atoms with E-state index in [1.165, 1.54) is 0 Å². The third kappa shape index (κ3) is 3.52. The zero-order valence-electron chi connectivity index (χ0n) is 14.4. The van der Waals surface area contributed by atoms with Crippen molar-refractivity contribution in [1.82, 2.24) is 19.7 Å². The van der Waals surface area contributed by atoms with Crippen LogP contribution < -0.4 is 4.72 Å². The topological polar surface area (TPSA) is 89.8 Å². The Morgan fingerprint density at radius 2 is 1.87 bits per heavy atom. The maximum absolute atomic E-state index is 12.7. The Labute approximate surface area is 137 Å². The molecule has 0 bridgehead atoms. The Bertz CT molecular complexity index is 825. The maximum Gasteiger partial charge on any atom is 0.266 e. The van der Waals surface area contributed by atoms with Crippen LogP contribution in [-0.4, -0.2) is 28.2 Å². The lowest BCUT2D eigenvalue weighted by atomic mass is 10.2. The lowest BCUT2D eigenvalue weighted by Gasteiger charge is -2.11. The molecule has 0 aliphatic carbocycles. The molecule has 0 saturated heterocycles. The smallest absolute Gasteiger partial charge is 0.266 e. The minimum atomic E-state index is -3.75. The predicted octanol–water partition coefficient (Wildman–Crippen LogP) is 2.54. The number of rotatable bonds is 5. The molecule has 126 valence electrons. The molecule has 0 radical (unpaired) electrons. The Morgan fingerprint density at radius 3 is 2.39 bits per heavy atom. The van der Waals surface area contributed by atoms with Gasteiger partial charge in [-0.05, 0) is 27.7 Å². The fraction of sp³-hybridized carbons (Fsp3) is 0.533. The monoisotopic (exact) mass is 337 g/mol. The Balaban J connectivity index is 2.45. The molecule has 0 aromatic carbocycles. The van der Waals surface area contributed by atoms with Gasteiger partial charge in [0.05, 0.1) is 11.4 Å². The van der Waals surface area contributed by atoms with Crippen molar-refractivity contribution in [3.63, 3.8) is 0 Å². The Morgan fingerprint density at radius 1 is 1.22 bits per heavy atom. The highest BCUT2D eigenvalue weighted by atomic mass is 32.2. The van der Waals surface area contributed by atoms with Crippen LogP contribution in [0.1, 0.15) is 49.6 Å². The second kappa shape index (κ2) is 6.27. The van der Waals surface area contributed by atoms with Gasteiger partial charge < -0.3 is 0 Å². The van der Waals surface area contributed by atoms with E-state index in [4.69, 9.17) is 0 Å². The average Bonchev–Trinajstić information content (AvgIpc) is 2.72. The minimum absolute atomic E-state index is 0.115. The van der Waals surface area contributed by atoms with E-state index in [0.29, 0.717) is 23.8 Å². The summed E-state index contributed by atoms with van der Waals surface area (Å²) < 4.78 is 29.7. The first kappa shape index (κ1) is 17.4. The first-order valence-electron chi connectivity index (χ1n) is 7.58. The van der Waals surface area contributed by atoms with Crippen molar-refractivity contribution >= 4 is 15.8 Å². The molecule has 0 saturated carbocycles. The predicted molar refractivity (Wildman–Crippen MR) is 89.0 cm³/mol. The van der Waals surface area contributed by atoms with Crippen molar-refractivity contribution < 1.29 is 8.42 Å². The van der Waals surface area contributed by atoms with Crippen LogP contribution in [0.15, 0.2) is 11.0 Å². The molecular weight excluding hydrogens is 314 g/mol. The maximum atomic E-state index is 12.7. The lowest BCUT2D eigenvalue weighted by molar-refractivity contribution is 0.598. The molecular formula is C15H23N5O2S. The molecule has 0 fully saturated rings. The molecule has 0 aliphatic heterocycles. The van der Waals surface area contributed by atoms with E-state index in [2.05, 4.69) is 19.8 Å². The molecule has 0 amide bonds. The highest BCUT2D eigenvalue weighted by Gasteiger charge is 2.25. The van der Waals surface area contributed by atoms with Crippen LogP contribution in [0.25, 0.3) is 0 Å². The van der Waals surface area contributed by atoms with Crippen LogP contribution in [0, 0.1) is 20.8 Å². The van der Waals surface area contributed by atoms with Gasteiger partial charge in [-0.25, -0.2) is 18.4 Å². The average molecular weight is 337 g/mol. The van der Waals surface area contributed by atoms with E-state index in [1.54, 1.807) is 24.6 Å². The van der Waals surface area contributed by atoms with E-state index in [-0.39, 0.29) is 16.6 Å². The number of hydrogen-bond acceptors (Lipinski definition) is 5. The third-order valence-corrected chi connectivity index (χ3v) is 5.12. The number of hydrogen-bond donors (Lipinski definition) is 1. The zero-order chi connectivity index (χ0) is 17.4. The number of aromatic nitrogens is 4. The van der Waals surface area contributed by atoms with Crippen LogP contribution >= 0.6 is 0 Å². The molecule has 2 aromatic heterocycles. The Kier molecular flexibility index (Phi) is 4.74. The molecule has 0 atom stereocenters. The van der Waals surface area contributed by atoms with Crippen LogP contribution in [-0.2, 0) is 16.6 Å². The summed E-state index contributed by atoms with van der Waals surface area (Å²) in [6, 6.07) is 1.62. The van der Waals surface area contributed by atoms with Crippen molar-refractivity contribution in [3.05, 3.63) is 29.0 Å². The van der Waals surface area contributed by atoms with Crippen LogP contribution in [0.4, 0.5) is 5.82 Å². The number of sulfonamides is 1. The molecule has 7 nitrogen and oxygen atoms in total. The molecule has 1 N–H and O–H groups in total. The van der Waals surface area contributed by atoms with Gasteiger partial charge in [-0.3, -0.25) is 9.40 Å². The molecule has 0 spiro atoms. The number of aryl methyl sites for hydroxylation is 3. The molecule has 8 heteroatoms. The highest BCUT2D eigenvalue weighted by molar-refractivity contribution is 7.92. The van der Waals surface area contributed by atoms with Crippen molar-refractivity contribution in [3.8, 4) is 0 Å². The second-order valence-corrected chi connectivity index (χ2v) is 7.45. The van der Waals surface area contributed by atoms with Crippen molar-refractivity contribution in [2.75, 3.05) is 4.72 Å². The summed E-state index contributed by atoms with van der Waals surface area (Å²) in [7, 11) is -3.75. The van der Waals surface area contributed by atoms with Crippen molar-refractivity contribution in [2.24, 2.45) is 0 Å². The first-order chi connectivity index (χ1) is 10.7. The van der Waals surface area contributed by atoms with E-state index < -0.39 is 10.0 Å². The molecule has 0 aliphatic rings. The third-order valence-electron chi connectivity index (χ3n) is 3.51. The summed E-state index contributed by atoms with van der Waals surface area (Å²) in [4.78, 5) is 8.84. The van der Waals surface area contributed by atoms with E-state index in [0.717, 1.165) is 5.69 Å². The summed E-state index contributed by atoms with van der Waals surface area (Å²) in [5, 5.41) is 4.26. The van der Waals surface area contributed by atoms with E-state index in [9.17, 15) is 8.42 Å². The largest absolute Gasteiger partial charge is 0.268 e. The van der Waals surface area contributed by atoms with Crippen molar-refractivity contribution in [2.45, 2.75) is 58.9 Å². The number of nitrogens with one attached hydrogen (secondary N) is 1. The number of nitrogens with zero attached hydrogens (tertiary/aromatic N) is 4. The fourth-order valence-electron chi connectivity index (χ4n) is 2.47. The molecule has 2 aromatic rings. The molecule has 2 rings (SSSR count). The van der Waals surface area contributed by atoms with Gasteiger partial charge in [0.2, 0.25) is 0 Å². The van der Waals surface area contributed by atoms with Gasteiger partial charge in [0.15, 0.2) is 0 Å². The van der Waals surface area contributed by atoms with Gasteiger partial charge in [0, 0.05) is 24.2 Å². The van der Waals surface area contributed by atoms with Gasteiger partial charge >= 0.3 is 0 Å². The zero-order valence-corrected chi connectivity index (χ0v) is 15.2. The second-order valence-electron chi connectivity index (χ2n) is 5.83. The standard InChI is InChI=1S/C15H23N5O2S/c1-7-20-12(6)14(11(5)18-20)23(21,22)19-13-8-10(4)16-15(17-13)9(2)3/h8-9H,7H2,1-6H3,(H,16,17,19). The summed E-state index contributed by atoms with van der Waals surface area (Å²) in [5.74, 6) is 1.01. The van der Waals surface area contributed by atoms with Gasteiger partial charge in [0.1, 0.15) is 16.5 Å². The Hall–Kier alpha value is -1.96. The highest BCUT2D eigenvalue weighted by Crippen LogP contribution is 2.23. The SMILES string of the molecule is CCn1nc(C)c(S(=O)(=O)Nc2cc(C)nc(C(C)C)n2)c1C. The van der Waals surface area contributed by atoms with E-state index >= 15 is 0 Å². The normalized spacial score (nSPS) is 12.0. The molecule has 23 heavy (non-hydrogen) atoms. The van der Waals surface area contributed by atoms with Crippen LogP contribution in [0.2, 0.25) is 0 Å². The van der Waals surface area contributed by atoms with Gasteiger partial charge in [-0.2, -0.15) is 5.10 Å². The van der Waals surface area contributed by atoms with Gasteiger partial charge in [-0.1, -0.05) is 13.8 Å². The minimum Gasteiger partial charge on any atom is -0.268 e. The first-order valence-corrected chi connectivity index (χ1v) is 9.06. The van der Waals surface area contributed by atoms with Crippen molar-refractivity contribution in [1.29, 1.82) is 0 Å². The molecule has 2 heterocycles. The molecule has 0 unspecified atom stereocenters.